The summed E-state index contributed by atoms with van der Waals surface area (Å²) in [6.07, 6.45) is 4.73. The van der Waals surface area contributed by atoms with Crippen LogP contribution in [0.15, 0.2) is 6.07 Å². The van der Waals surface area contributed by atoms with Gasteiger partial charge >= 0.3 is 0 Å². The smallest absolute Gasteiger partial charge is 0.275 e. The summed E-state index contributed by atoms with van der Waals surface area (Å²) in [5.74, 6) is 5.75. The van der Waals surface area contributed by atoms with Gasteiger partial charge in [-0.05, 0) is 36.8 Å². The molecule has 1 aliphatic rings. The average Bonchev–Trinajstić information content (AvgIpc) is 2.70. The number of nitrogens with one attached hydrogen (secondary N) is 1. The first kappa shape index (κ1) is 10.6. The quantitative estimate of drug-likeness (QED) is 0.458. The Kier molecular flexibility index (Phi) is 3.07. The third-order valence-corrected chi connectivity index (χ3v) is 4.32. The van der Waals surface area contributed by atoms with Crippen molar-refractivity contribution in [3.63, 3.8) is 0 Å². The molecule has 1 amide bonds. The van der Waals surface area contributed by atoms with Crippen LogP contribution in [0, 0.1) is 5.92 Å². The maximum Gasteiger partial charge on any atom is 0.275 e. The lowest BCUT2D eigenvalue weighted by atomic mass is 9.87. The molecular weight excluding hydrogens is 208 g/mol. The van der Waals surface area contributed by atoms with Gasteiger partial charge < -0.3 is 0 Å². The van der Waals surface area contributed by atoms with Crippen molar-refractivity contribution in [2.45, 2.75) is 32.6 Å². The van der Waals surface area contributed by atoms with Crippen molar-refractivity contribution in [2.24, 2.45) is 11.8 Å². The van der Waals surface area contributed by atoms with Gasteiger partial charge in [-0.15, -0.1) is 11.3 Å². The first-order valence-electron chi connectivity index (χ1n) is 5.37. The monoisotopic (exact) mass is 224 g/mol. The van der Waals surface area contributed by atoms with Crippen molar-refractivity contribution in [1.82, 2.24) is 5.43 Å². The third kappa shape index (κ3) is 2.06. The Morgan fingerprint density at radius 2 is 2.53 bits per heavy atom. The predicted molar refractivity (Wildman–Crippen MR) is 61.8 cm³/mol. The van der Waals surface area contributed by atoms with Crippen molar-refractivity contribution in [1.29, 1.82) is 0 Å². The van der Waals surface area contributed by atoms with Crippen LogP contribution in [0.3, 0.4) is 0 Å². The zero-order valence-corrected chi connectivity index (χ0v) is 9.69. The Balaban J connectivity index is 2.21. The van der Waals surface area contributed by atoms with Gasteiger partial charge in [-0.3, -0.25) is 10.2 Å². The number of amides is 1. The molecule has 0 aromatic carbocycles. The molecule has 1 atom stereocenters. The van der Waals surface area contributed by atoms with Crippen molar-refractivity contribution in [2.75, 3.05) is 0 Å². The number of carbonyl (C=O) groups excluding carboxylic acids is 1. The number of rotatable bonds is 2. The van der Waals surface area contributed by atoms with Gasteiger partial charge in [0.05, 0.1) is 4.88 Å². The summed E-state index contributed by atoms with van der Waals surface area (Å²) in [6, 6.07) is 1.99. The minimum absolute atomic E-state index is 0.164. The van der Waals surface area contributed by atoms with E-state index in [4.69, 9.17) is 5.84 Å². The minimum atomic E-state index is -0.164. The molecule has 0 aliphatic heterocycles. The average molecular weight is 224 g/mol. The fourth-order valence-electron chi connectivity index (χ4n) is 2.11. The number of aryl methyl sites for hydroxylation is 1. The van der Waals surface area contributed by atoms with E-state index >= 15 is 0 Å². The van der Waals surface area contributed by atoms with E-state index in [0.29, 0.717) is 0 Å². The Hall–Kier alpha value is -0.870. The zero-order chi connectivity index (χ0) is 10.8. The maximum absolute atomic E-state index is 11.4. The number of carbonyl (C=O) groups is 1. The highest BCUT2D eigenvalue weighted by atomic mass is 32.1. The van der Waals surface area contributed by atoms with E-state index in [-0.39, 0.29) is 5.91 Å². The van der Waals surface area contributed by atoms with E-state index in [0.717, 1.165) is 23.6 Å². The number of fused-ring (bicyclic) bond motifs is 1. The van der Waals surface area contributed by atoms with Crippen LogP contribution in [0.2, 0.25) is 0 Å². The van der Waals surface area contributed by atoms with Crippen molar-refractivity contribution < 1.29 is 4.79 Å². The third-order valence-electron chi connectivity index (χ3n) is 3.12. The van der Waals surface area contributed by atoms with Crippen LogP contribution in [0.25, 0.3) is 0 Å². The second-order valence-corrected chi connectivity index (χ2v) is 5.19. The number of hydrogen-bond donors (Lipinski definition) is 2. The minimum Gasteiger partial charge on any atom is -0.289 e. The van der Waals surface area contributed by atoms with Gasteiger partial charge in [0.15, 0.2) is 0 Å². The molecule has 1 heterocycles. The van der Waals surface area contributed by atoms with Gasteiger partial charge in [0.2, 0.25) is 0 Å². The molecule has 1 aromatic heterocycles. The standard InChI is InChI=1S/C11H16N2OS/c1-2-7-3-4-8-6-10(11(14)13-12)15-9(8)5-7/h6-7H,2-5,12H2,1H3,(H,13,14). The molecule has 0 saturated heterocycles. The molecule has 0 fully saturated rings. The van der Waals surface area contributed by atoms with E-state index in [1.165, 1.54) is 23.3 Å². The fourth-order valence-corrected chi connectivity index (χ4v) is 3.34. The highest BCUT2D eigenvalue weighted by Gasteiger charge is 2.21. The first-order valence-corrected chi connectivity index (χ1v) is 6.18. The zero-order valence-electron chi connectivity index (χ0n) is 8.88. The molecule has 2 rings (SSSR count). The Bertz CT molecular complexity index is 373. The second kappa shape index (κ2) is 4.33. The summed E-state index contributed by atoms with van der Waals surface area (Å²) in [4.78, 5) is 13.5. The molecule has 0 spiro atoms. The Labute approximate surface area is 93.6 Å². The van der Waals surface area contributed by atoms with E-state index in [1.54, 1.807) is 11.3 Å². The Morgan fingerprint density at radius 1 is 1.73 bits per heavy atom. The lowest BCUT2D eigenvalue weighted by Gasteiger charge is -2.19. The number of hydrogen-bond acceptors (Lipinski definition) is 3. The van der Waals surface area contributed by atoms with Crippen LogP contribution >= 0.6 is 11.3 Å². The molecule has 3 N–H and O–H groups in total. The molecule has 82 valence electrons. The van der Waals surface area contributed by atoms with Gasteiger partial charge in [-0.2, -0.15) is 0 Å². The lowest BCUT2D eigenvalue weighted by Crippen LogP contribution is -2.29. The largest absolute Gasteiger partial charge is 0.289 e. The van der Waals surface area contributed by atoms with E-state index < -0.39 is 0 Å². The molecule has 0 radical (unpaired) electrons. The number of nitrogen functional groups attached to an aromatic ring is 1. The molecule has 4 heteroatoms. The molecule has 0 bridgehead atoms. The fraction of sp³-hybridized carbons (Fsp3) is 0.545. The number of thiophene rings is 1. The molecular formula is C11H16N2OS. The summed E-state index contributed by atoms with van der Waals surface area (Å²) >= 11 is 1.60. The van der Waals surface area contributed by atoms with Gasteiger partial charge in [-0.1, -0.05) is 13.3 Å². The topological polar surface area (TPSA) is 55.1 Å². The summed E-state index contributed by atoms with van der Waals surface area (Å²) in [7, 11) is 0. The molecule has 3 nitrogen and oxygen atoms in total. The van der Waals surface area contributed by atoms with Gasteiger partial charge in [0.25, 0.3) is 5.91 Å². The van der Waals surface area contributed by atoms with Crippen molar-refractivity contribution in [3.8, 4) is 0 Å². The van der Waals surface area contributed by atoms with Crippen LogP contribution < -0.4 is 11.3 Å². The molecule has 1 aliphatic carbocycles. The van der Waals surface area contributed by atoms with Crippen LogP contribution in [0.5, 0.6) is 0 Å². The summed E-state index contributed by atoms with van der Waals surface area (Å²) in [5.41, 5.74) is 3.54. The summed E-state index contributed by atoms with van der Waals surface area (Å²) < 4.78 is 0. The molecule has 1 unspecified atom stereocenters. The maximum atomic E-state index is 11.4. The summed E-state index contributed by atoms with van der Waals surface area (Å²) in [6.45, 7) is 2.23. The summed E-state index contributed by atoms with van der Waals surface area (Å²) in [5, 5.41) is 0. The van der Waals surface area contributed by atoms with Gasteiger partial charge in [0.1, 0.15) is 0 Å². The number of nitrogens with two attached hydrogens (primary N) is 1. The molecule has 0 saturated carbocycles. The van der Waals surface area contributed by atoms with Crippen LogP contribution in [-0.2, 0) is 12.8 Å². The highest BCUT2D eigenvalue weighted by Crippen LogP contribution is 2.33. The second-order valence-electron chi connectivity index (χ2n) is 4.05. The predicted octanol–water partition coefficient (Wildman–Crippen LogP) is 1.87. The molecule has 1 aromatic rings. The van der Waals surface area contributed by atoms with E-state index in [9.17, 15) is 4.79 Å². The van der Waals surface area contributed by atoms with Crippen molar-refractivity contribution >= 4 is 17.2 Å². The highest BCUT2D eigenvalue weighted by molar-refractivity contribution is 7.14. The number of hydrazine groups is 1. The van der Waals surface area contributed by atoms with Crippen LogP contribution in [0.4, 0.5) is 0 Å². The molecule has 15 heavy (non-hydrogen) atoms. The van der Waals surface area contributed by atoms with Gasteiger partial charge in [0, 0.05) is 4.88 Å². The van der Waals surface area contributed by atoms with E-state index in [1.807, 2.05) is 6.07 Å². The first-order chi connectivity index (χ1) is 7.24. The van der Waals surface area contributed by atoms with E-state index in [2.05, 4.69) is 12.3 Å². The Morgan fingerprint density at radius 3 is 3.20 bits per heavy atom. The SMILES string of the molecule is CCC1CCc2cc(C(=O)NN)sc2C1. The van der Waals surface area contributed by atoms with Gasteiger partial charge in [-0.25, -0.2) is 5.84 Å². The van der Waals surface area contributed by atoms with Crippen LogP contribution in [-0.4, -0.2) is 5.91 Å². The normalized spacial score (nSPS) is 19.7. The van der Waals surface area contributed by atoms with Crippen LogP contribution in [0.1, 0.15) is 39.9 Å². The van der Waals surface area contributed by atoms with Crippen molar-refractivity contribution in [3.05, 3.63) is 21.4 Å². The lowest BCUT2D eigenvalue weighted by molar-refractivity contribution is 0.0957.